The normalized spacial score (nSPS) is 19.8. The lowest BCUT2D eigenvalue weighted by Crippen LogP contribution is -2.40. The van der Waals surface area contributed by atoms with Gasteiger partial charge in [0, 0.05) is 25.2 Å². The molecule has 2 fully saturated rings. The molecule has 1 saturated heterocycles. The summed E-state index contributed by atoms with van der Waals surface area (Å²) in [6.45, 7) is 3.63. The Morgan fingerprint density at radius 1 is 1.10 bits per heavy atom. The Morgan fingerprint density at radius 2 is 1.83 bits per heavy atom. The zero-order valence-corrected chi connectivity index (χ0v) is 17.6. The van der Waals surface area contributed by atoms with Gasteiger partial charge in [0.15, 0.2) is 0 Å². The lowest BCUT2D eigenvalue weighted by atomic mass is 9.94. The van der Waals surface area contributed by atoms with Crippen molar-refractivity contribution >= 4 is 35.9 Å². The molecule has 1 aliphatic heterocycles. The molecule has 3 rings (SSSR count). The molecule has 1 aromatic carbocycles. The summed E-state index contributed by atoms with van der Waals surface area (Å²) in [5, 5.41) is 5.56. The molecule has 1 aromatic rings. The van der Waals surface area contributed by atoms with Crippen molar-refractivity contribution < 1.29 is 19.1 Å². The monoisotopic (exact) mass is 423 g/mol. The second-order valence-corrected chi connectivity index (χ2v) is 7.47. The van der Waals surface area contributed by atoms with E-state index in [9.17, 15) is 14.4 Å². The number of halogens is 1. The van der Waals surface area contributed by atoms with Crippen molar-refractivity contribution in [1.82, 2.24) is 10.2 Å². The van der Waals surface area contributed by atoms with Gasteiger partial charge in [-0.1, -0.05) is 31.4 Å². The molecule has 0 bridgehead atoms. The highest BCUT2D eigenvalue weighted by Crippen LogP contribution is 2.26. The molecule has 0 spiro atoms. The van der Waals surface area contributed by atoms with Gasteiger partial charge in [0.2, 0.25) is 0 Å². The average Bonchev–Trinajstić information content (AvgIpc) is 3.17. The van der Waals surface area contributed by atoms with Crippen LogP contribution in [0, 0.1) is 0 Å². The van der Waals surface area contributed by atoms with E-state index in [1.165, 1.54) is 32.1 Å². The summed E-state index contributed by atoms with van der Waals surface area (Å²) >= 11 is 0. The molecule has 7 nitrogen and oxygen atoms in total. The second kappa shape index (κ2) is 11.2. The van der Waals surface area contributed by atoms with Crippen molar-refractivity contribution in [2.75, 3.05) is 25.0 Å². The van der Waals surface area contributed by atoms with Crippen molar-refractivity contribution in [2.24, 2.45) is 0 Å². The molecule has 1 aliphatic carbocycles. The van der Waals surface area contributed by atoms with Crippen LogP contribution in [0.3, 0.4) is 0 Å². The minimum Gasteiger partial charge on any atom is -0.459 e. The Bertz CT molecular complexity index is 722. The summed E-state index contributed by atoms with van der Waals surface area (Å²) in [4.78, 5) is 38.8. The Balaban J connectivity index is 0.00000300. The summed E-state index contributed by atoms with van der Waals surface area (Å²) in [7, 11) is 0. The van der Waals surface area contributed by atoms with Crippen molar-refractivity contribution in [1.29, 1.82) is 0 Å². The molecule has 0 aromatic heterocycles. The predicted octanol–water partition coefficient (Wildman–Crippen LogP) is 2.75. The van der Waals surface area contributed by atoms with Crippen LogP contribution in [-0.2, 0) is 14.3 Å². The second-order valence-electron chi connectivity index (χ2n) is 7.47. The van der Waals surface area contributed by atoms with E-state index >= 15 is 0 Å². The molecule has 160 valence electrons. The van der Waals surface area contributed by atoms with Crippen molar-refractivity contribution in [2.45, 2.75) is 57.5 Å². The van der Waals surface area contributed by atoms with Crippen LogP contribution in [0.4, 0.5) is 5.69 Å². The summed E-state index contributed by atoms with van der Waals surface area (Å²) in [6, 6.07) is 7.43. The van der Waals surface area contributed by atoms with Gasteiger partial charge in [0.25, 0.3) is 5.91 Å². The first-order valence-corrected chi connectivity index (χ1v) is 10.2. The third kappa shape index (κ3) is 6.18. The summed E-state index contributed by atoms with van der Waals surface area (Å²) < 4.78 is 4.70. The van der Waals surface area contributed by atoms with Gasteiger partial charge in [0.1, 0.15) is 0 Å². The molecule has 8 heteroatoms. The quantitative estimate of drug-likeness (QED) is 0.561. The maximum Gasteiger partial charge on any atom is 0.397 e. The van der Waals surface area contributed by atoms with E-state index in [0.717, 1.165) is 19.5 Å². The number of nitrogens with one attached hydrogen (secondary N) is 2. The number of esters is 1. The third-order valence-corrected chi connectivity index (χ3v) is 5.53. The first-order chi connectivity index (χ1) is 13.6. The molecule has 1 saturated carbocycles. The molecule has 29 heavy (non-hydrogen) atoms. The maximum atomic E-state index is 12.8. The topological polar surface area (TPSA) is 87.7 Å². The molecule has 2 N–H and O–H groups in total. The summed E-state index contributed by atoms with van der Waals surface area (Å²) in [5.74, 6) is -2.08. The van der Waals surface area contributed by atoms with Crippen molar-refractivity contribution in [3.63, 3.8) is 0 Å². The SMILES string of the molecule is CCOC(=O)C(=O)Nc1ccccc1C(=O)NC1CCN(C2CCCCC2)C1.Cl. The number of carbonyl (C=O) groups excluding carboxylic acids is 3. The number of hydrogen-bond donors (Lipinski definition) is 2. The number of para-hydroxylation sites is 1. The molecule has 1 heterocycles. The molecular weight excluding hydrogens is 394 g/mol. The van der Waals surface area contributed by atoms with E-state index in [0.29, 0.717) is 17.3 Å². The highest BCUT2D eigenvalue weighted by Gasteiger charge is 2.30. The highest BCUT2D eigenvalue weighted by molar-refractivity contribution is 6.37. The number of rotatable bonds is 5. The number of anilines is 1. The largest absolute Gasteiger partial charge is 0.459 e. The lowest BCUT2D eigenvalue weighted by Gasteiger charge is -2.31. The van der Waals surface area contributed by atoms with Gasteiger partial charge in [-0.3, -0.25) is 14.5 Å². The van der Waals surface area contributed by atoms with Crippen LogP contribution >= 0.6 is 12.4 Å². The van der Waals surface area contributed by atoms with Gasteiger partial charge < -0.3 is 15.4 Å². The summed E-state index contributed by atoms with van der Waals surface area (Å²) in [5.41, 5.74) is 0.649. The first kappa shape index (κ1) is 23.2. The van der Waals surface area contributed by atoms with Crippen molar-refractivity contribution in [3.8, 4) is 0 Å². The number of nitrogens with zero attached hydrogens (tertiary/aromatic N) is 1. The smallest absolute Gasteiger partial charge is 0.397 e. The fraction of sp³-hybridized carbons (Fsp3) is 0.571. The van der Waals surface area contributed by atoms with Gasteiger partial charge in [-0.05, 0) is 38.3 Å². The molecule has 2 amide bonds. The zero-order valence-electron chi connectivity index (χ0n) is 16.8. The van der Waals surface area contributed by atoms with Crippen molar-refractivity contribution in [3.05, 3.63) is 29.8 Å². The lowest BCUT2D eigenvalue weighted by molar-refractivity contribution is -0.152. The van der Waals surface area contributed by atoms with Crippen LogP contribution < -0.4 is 10.6 Å². The summed E-state index contributed by atoms with van der Waals surface area (Å²) in [6.07, 6.45) is 7.36. The van der Waals surface area contributed by atoms with Crippen LogP contribution in [0.1, 0.15) is 55.8 Å². The van der Waals surface area contributed by atoms with E-state index in [1.54, 1.807) is 31.2 Å². The van der Waals surface area contributed by atoms with Crippen LogP contribution in [0.5, 0.6) is 0 Å². The van der Waals surface area contributed by atoms with Gasteiger partial charge >= 0.3 is 11.9 Å². The number of benzene rings is 1. The fourth-order valence-corrected chi connectivity index (χ4v) is 4.11. The molecule has 0 radical (unpaired) electrons. The Morgan fingerprint density at radius 3 is 2.55 bits per heavy atom. The highest BCUT2D eigenvalue weighted by atomic mass is 35.5. The standard InChI is InChI=1S/C21H29N3O4.ClH/c1-2-28-21(27)20(26)23-18-11-7-6-10-17(18)19(25)22-15-12-13-24(14-15)16-8-4-3-5-9-16;/h6-7,10-11,15-16H,2-5,8-9,12-14H2,1H3,(H,22,25)(H,23,26);1H. The van der Waals surface area contributed by atoms with E-state index in [2.05, 4.69) is 15.5 Å². The van der Waals surface area contributed by atoms with E-state index in [4.69, 9.17) is 4.74 Å². The molecular formula is C21H30ClN3O4. The van der Waals surface area contributed by atoms with E-state index in [1.807, 2.05) is 0 Å². The van der Waals surface area contributed by atoms with Gasteiger partial charge in [-0.2, -0.15) is 0 Å². The maximum absolute atomic E-state index is 12.8. The van der Waals surface area contributed by atoms with Crippen LogP contribution in [0.25, 0.3) is 0 Å². The zero-order chi connectivity index (χ0) is 19.9. The van der Waals surface area contributed by atoms with Gasteiger partial charge in [-0.25, -0.2) is 4.79 Å². The Kier molecular flexibility index (Phi) is 8.92. The number of hydrogen-bond acceptors (Lipinski definition) is 5. The van der Waals surface area contributed by atoms with Gasteiger partial charge in [0.05, 0.1) is 17.9 Å². The van der Waals surface area contributed by atoms with E-state index in [-0.39, 0.29) is 31.0 Å². The Hall–Kier alpha value is -2.12. The van der Waals surface area contributed by atoms with Crippen LogP contribution in [0.15, 0.2) is 24.3 Å². The number of ether oxygens (including phenoxy) is 1. The number of carbonyl (C=O) groups is 3. The molecule has 2 aliphatic rings. The predicted molar refractivity (Wildman–Crippen MR) is 113 cm³/mol. The minimum absolute atomic E-state index is 0. The Labute approximate surface area is 178 Å². The third-order valence-electron chi connectivity index (χ3n) is 5.53. The molecule has 1 unspecified atom stereocenters. The van der Waals surface area contributed by atoms with Crippen LogP contribution in [0.2, 0.25) is 0 Å². The molecule has 1 atom stereocenters. The minimum atomic E-state index is -0.961. The number of amides is 2. The number of likely N-dealkylation sites (tertiary alicyclic amines) is 1. The van der Waals surface area contributed by atoms with Gasteiger partial charge in [-0.15, -0.1) is 12.4 Å². The fourth-order valence-electron chi connectivity index (χ4n) is 4.11. The first-order valence-electron chi connectivity index (χ1n) is 10.2. The van der Waals surface area contributed by atoms with E-state index < -0.39 is 11.9 Å². The van der Waals surface area contributed by atoms with Crippen LogP contribution in [-0.4, -0.2) is 54.5 Å². The average molecular weight is 424 g/mol.